The number of hydrogen-bond acceptors (Lipinski definition) is 4. The predicted octanol–water partition coefficient (Wildman–Crippen LogP) is 2.02. The van der Waals surface area contributed by atoms with Crippen LogP contribution in [0, 0.1) is 0 Å². The van der Waals surface area contributed by atoms with Crippen LogP contribution < -0.4 is 0 Å². The number of ketones is 2. The fourth-order valence-electron chi connectivity index (χ4n) is 3.22. The van der Waals surface area contributed by atoms with Crippen molar-refractivity contribution in [3.05, 3.63) is 46.5 Å². The van der Waals surface area contributed by atoms with Crippen LogP contribution in [0.2, 0.25) is 0 Å². The van der Waals surface area contributed by atoms with Crippen LogP contribution in [0.3, 0.4) is 0 Å². The van der Waals surface area contributed by atoms with Crippen LogP contribution in [-0.2, 0) is 0 Å². The van der Waals surface area contributed by atoms with E-state index in [2.05, 4.69) is 23.9 Å². The monoisotopic (exact) mass is 298 g/mol. The highest BCUT2D eigenvalue weighted by molar-refractivity contribution is 6.26. The van der Waals surface area contributed by atoms with E-state index in [0.717, 1.165) is 37.3 Å². The number of rotatable bonds is 3. The molecule has 0 amide bonds. The summed E-state index contributed by atoms with van der Waals surface area (Å²) in [5.41, 5.74) is 2.65. The molecule has 1 aliphatic carbocycles. The maximum absolute atomic E-state index is 12.7. The molecule has 0 unspecified atom stereocenters. The number of benzene rings is 1. The Hall–Kier alpha value is -1.78. The molecule has 3 rings (SSSR count). The summed E-state index contributed by atoms with van der Waals surface area (Å²) >= 11 is 0. The number of fused-ring (bicyclic) bond motifs is 1. The second kappa shape index (κ2) is 6.15. The van der Waals surface area contributed by atoms with E-state index in [-0.39, 0.29) is 11.6 Å². The molecular formula is C18H22N2O2. The SMILES string of the molecule is CN(C)CCN1CCC2=C(CC1)C(=O)c1ccccc1C2=O. The molecule has 0 fully saturated rings. The predicted molar refractivity (Wildman–Crippen MR) is 86.4 cm³/mol. The molecule has 0 N–H and O–H groups in total. The van der Waals surface area contributed by atoms with Gasteiger partial charge >= 0.3 is 0 Å². The van der Waals surface area contributed by atoms with Crippen LogP contribution in [0.1, 0.15) is 33.6 Å². The first-order chi connectivity index (χ1) is 10.6. The molecule has 1 aromatic carbocycles. The van der Waals surface area contributed by atoms with Crippen molar-refractivity contribution in [3.63, 3.8) is 0 Å². The average Bonchev–Trinajstić information content (AvgIpc) is 2.73. The fraction of sp³-hybridized carbons (Fsp3) is 0.444. The Morgan fingerprint density at radius 2 is 1.45 bits per heavy atom. The third-order valence-electron chi connectivity index (χ3n) is 4.55. The quantitative estimate of drug-likeness (QED) is 0.856. The highest BCUT2D eigenvalue weighted by atomic mass is 16.1. The standard InChI is InChI=1S/C18H22N2O2/c1-19(2)11-12-20-9-7-15-16(8-10-20)18(22)14-6-4-3-5-13(14)17(15)21/h3-6H,7-12H2,1-2H3. The van der Waals surface area contributed by atoms with Gasteiger partial charge < -0.3 is 9.80 Å². The summed E-state index contributed by atoms with van der Waals surface area (Å²) in [4.78, 5) is 29.9. The number of nitrogens with zero attached hydrogens (tertiary/aromatic N) is 2. The first kappa shape index (κ1) is 15.1. The van der Waals surface area contributed by atoms with Gasteiger partial charge in [-0.3, -0.25) is 9.59 Å². The van der Waals surface area contributed by atoms with Crippen molar-refractivity contribution >= 4 is 11.6 Å². The topological polar surface area (TPSA) is 40.6 Å². The Kier molecular flexibility index (Phi) is 4.23. The van der Waals surface area contributed by atoms with Crippen molar-refractivity contribution in [3.8, 4) is 0 Å². The first-order valence-corrected chi connectivity index (χ1v) is 7.85. The fourth-order valence-corrected chi connectivity index (χ4v) is 3.22. The number of carbonyl (C=O) groups is 2. The average molecular weight is 298 g/mol. The van der Waals surface area contributed by atoms with Crippen LogP contribution in [0.25, 0.3) is 0 Å². The summed E-state index contributed by atoms with van der Waals surface area (Å²) in [6.45, 7) is 3.68. The lowest BCUT2D eigenvalue weighted by Crippen LogP contribution is -2.32. The molecule has 4 nitrogen and oxygen atoms in total. The van der Waals surface area contributed by atoms with Crippen molar-refractivity contribution in [1.82, 2.24) is 9.80 Å². The van der Waals surface area contributed by atoms with Crippen LogP contribution in [0.15, 0.2) is 35.4 Å². The highest BCUT2D eigenvalue weighted by Crippen LogP contribution is 2.31. The molecule has 22 heavy (non-hydrogen) atoms. The third kappa shape index (κ3) is 2.76. The summed E-state index contributed by atoms with van der Waals surface area (Å²) in [7, 11) is 4.12. The first-order valence-electron chi connectivity index (χ1n) is 7.85. The van der Waals surface area contributed by atoms with Gasteiger partial charge in [-0.25, -0.2) is 0 Å². The lowest BCUT2D eigenvalue weighted by Gasteiger charge is -2.22. The van der Waals surface area contributed by atoms with Gasteiger partial charge in [0, 0.05) is 48.5 Å². The van der Waals surface area contributed by atoms with E-state index in [9.17, 15) is 9.59 Å². The van der Waals surface area contributed by atoms with Crippen LogP contribution in [0.5, 0.6) is 0 Å². The molecule has 0 saturated heterocycles. The molecule has 0 saturated carbocycles. The van der Waals surface area contributed by atoms with Gasteiger partial charge in [0.25, 0.3) is 0 Å². The largest absolute Gasteiger partial charge is 0.308 e. The summed E-state index contributed by atoms with van der Waals surface area (Å²) in [6, 6.07) is 7.20. The zero-order valence-electron chi connectivity index (χ0n) is 13.3. The lowest BCUT2D eigenvalue weighted by atomic mass is 9.82. The van der Waals surface area contributed by atoms with Crippen molar-refractivity contribution in [2.24, 2.45) is 0 Å². The summed E-state index contributed by atoms with van der Waals surface area (Å²) in [5.74, 6) is 0.110. The van der Waals surface area contributed by atoms with Crippen molar-refractivity contribution in [1.29, 1.82) is 0 Å². The van der Waals surface area contributed by atoms with Gasteiger partial charge in [0.2, 0.25) is 0 Å². The minimum absolute atomic E-state index is 0.0552. The Morgan fingerprint density at radius 3 is 1.91 bits per heavy atom. The Bertz CT molecular complexity index is 597. The van der Waals surface area contributed by atoms with E-state index in [1.807, 2.05) is 12.1 Å². The van der Waals surface area contributed by atoms with Crippen LogP contribution in [0.4, 0.5) is 0 Å². The van der Waals surface area contributed by atoms with Crippen molar-refractivity contribution < 1.29 is 9.59 Å². The van der Waals surface area contributed by atoms with Gasteiger partial charge in [-0.2, -0.15) is 0 Å². The number of likely N-dealkylation sites (N-methyl/N-ethyl adjacent to an activating group) is 1. The Labute approximate surface area is 131 Å². The molecule has 1 aromatic rings. The summed E-state index contributed by atoms with van der Waals surface area (Å²) in [5, 5.41) is 0. The van der Waals surface area contributed by atoms with Gasteiger partial charge in [0.15, 0.2) is 11.6 Å². The maximum atomic E-state index is 12.7. The van der Waals surface area contributed by atoms with Crippen LogP contribution in [-0.4, -0.2) is 61.6 Å². The van der Waals surface area contributed by atoms with Gasteiger partial charge in [0.1, 0.15) is 0 Å². The smallest absolute Gasteiger partial charge is 0.190 e. The second-order valence-corrected chi connectivity index (χ2v) is 6.31. The second-order valence-electron chi connectivity index (χ2n) is 6.31. The van der Waals surface area contributed by atoms with Gasteiger partial charge in [-0.15, -0.1) is 0 Å². The van der Waals surface area contributed by atoms with Crippen molar-refractivity contribution in [2.45, 2.75) is 12.8 Å². The molecular weight excluding hydrogens is 276 g/mol. The maximum Gasteiger partial charge on any atom is 0.190 e. The zero-order chi connectivity index (χ0) is 15.7. The number of carbonyl (C=O) groups excluding carboxylic acids is 2. The minimum atomic E-state index is 0.0552. The molecule has 1 heterocycles. The molecule has 1 aliphatic heterocycles. The zero-order valence-corrected chi connectivity index (χ0v) is 13.3. The van der Waals surface area contributed by atoms with E-state index in [4.69, 9.17) is 0 Å². The Morgan fingerprint density at radius 1 is 0.955 bits per heavy atom. The van der Waals surface area contributed by atoms with E-state index in [1.54, 1.807) is 12.1 Å². The molecule has 0 radical (unpaired) electrons. The van der Waals surface area contributed by atoms with Crippen molar-refractivity contribution in [2.75, 3.05) is 40.3 Å². The Balaban J connectivity index is 1.82. The van der Waals surface area contributed by atoms with Gasteiger partial charge in [-0.05, 0) is 26.9 Å². The number of Topliss-reactive ketones (excluding diaryl/α,β-unsaturated/α-hetero) is 2. The van der Waals surface area contributed by atoms with Gasteiger partial charge in [0.05, 0.1) is 0 Å². The van der Waals surface area contributed by atoms with E-state index < -0.39 is 0 Å². The lowest BCUT2D eigenvalue weighted by molar-refractivity contribution is 0.0970. The molecule has 0 aromatic heterocycles. The molecule has 116 valence electrons. The third-order valence-corrected chi connectivity index (χ3v) is 4.55. The normalized spacial score (nSPS) is 19.2. The summed E-state index contributed by atoms with van der Waals surface area (Å²) in [6.07, 6.45) is 1.36. The van der Waals surface area contributed by atoms with E-state index in [0.29, 0.717) is 24.0 Å². The van der Waals surface area contributed by atoms with E-state index in [1.165, 1.54) is 0 Å². The van der Waals surface area contributed by atoms with Gasteiger partial charge in [-0.1, -0.05) is 24.3 Å². The minimum Gasteiger partial charge on any atom is -0.308 e. The summed E-state index contributed by atoms with van der Waals surface area (Å²) < 4.78 is 0. The molecule has 0 bridgehead atoms. The molecule has 2 aliphatic rings. The molecule has 0 atom stereocenters. The van der Waals surface area contributed by atoms with E-state index >= 15 is 0 Å². The molecule has 0 spiro atoms. The highest BCUT2D eigenvalue weighted by Gasteiger charge is 2.33. The number of hydrogen-bond donors (Lipinski definition) is 0. The molecule has 4 heteroatoms. The van der Waals surface area contributed by atoms with Crippen LogP contribution >= 0.6 is 0 Å².